The van der Waals surface area contributed by atoms with Crippen LogP contribution in [-0.4, -0.2) is 48.6 Å². The van der Waals surface area contributed by atoms with E-state index in [0.29, 0.717) is 11.6 Å². The average Bonchev–Trinajstić information content (AvgIpc) is 3.10. The van der Waals surface area contributed by atoms with Crippen LogP contribution in [0.3, 0.4) is 0 Å². The molecular formula is C32H49N3O2. The van der Waals surface area contributed by atoms with Gasteiger partial charge in [-0.1, -0.05) is 57.2 Å². The molecule has 1 aromatic heterocycles. The molecule has 204 valence electrons. The van der Waals surface area contributed by atoms with Gasteiger partial charge in [0.15, 0.2) is 5.78 Å². The summed E-state index contributed by atoms with van der Waals surface area (Å²) in [7, 11) is 2.17. The molecule has 5 heteroatoms. The maximum absolute atomic E-state index is 11.2. The summed E-state index contributed by atoms with van der Waals surface area (Å²) in [6, 6.07) is 11.1. The Morgan fingerprint density at radius 3 is 2.22 bits per heavy atom. The number of carbonyl (C=O) groups excluding carboxylic acids is 2. The van der Waals surface area contributed by atoms with Gasteiger partial charge in [-0.25, -0.2) is 4.98 Å². The van der Waals surface area contributed by atoms with Crippen molar-refractivity contribution >= 4 is 18.4 Å². The Morgan fingerprint density at radius 1 is 1.03 bits per heavy atom. The lowest BCUT2D eigenvalue weighted by molar-refractivity contribution is -0.0980. The fourth-order valence-corrected chi connectivity index (χ4v) is 4.14. The summed E-state index contributed by atoms with van der Waals surface area (Å²) in [5.74, 6) is 0.930. The highest BCUT2D eigenvalue weighted by Crippen LogP contribution is 2.21. The standard InChI is InChI=1S/C14H21N3O.C11H14.C3H8.C3H4.CH2O/c1-11(18)12-5-6-14(15-10-12)16-13-4-3-8-17(2)9-7-13;1-9-6-7-10-4-2-3-5-11(10)8-9;2*1-3-2;1-2/h5-6,10,13H,3-4,7-9H2,1-2H3,(H,15,16);6-8H,2-5H2,1H3;3H2,1-2H3;1-2H2;1H2. The molecule has 0 radical (unpaired) electrons. The number of fused-ring (bicyclic) bond motifs is 1. The summed E-state index contributed by atoms with van der Waals surface area (Å²) in [6.45, 7) is 18.5. The van der Waals surface area contributed by atoms with Gasteiger partial charge in [0.2, 0.25) is 0 Å². The molecule has 1 N–H and O–H groups in total. The van der Waals surface area contributed by atoms with Crippen molar-refractivity contribution in [3.63, 3.8) is 0 Å². The number of nitrogens with zero attached hydrogens (tertiary/aromatic N) is 2. The third-order valence-corrected chi connectivity index (χ3v) is 5.98. The van der Waals surface area contributed by atoms with E-state index in [0.717, 1.165) is 18.8 Å². The molecule has 1 aliphatic heterocycles. The first-order valence-corrected chi connectivity index (χ1v) is 13.4. The van der Waals surface area contributed by atoms with Crippen LogP contribution in [0.5, 0.6) is 0 Å². The Labute approximate surface area is 226 Å². The van der Waals surface area contributed by atoms with Crippen molar-refractivity contribution in [2.45, 2.75) is 85.1 Å². The molecular weight excluding hydrogens is 458 g/mol. The fourth-order valence-electron chi connectivity index (χ4n) is 4.14. The number of anilines is 1. The number of rotatable bonds is 3. The topological polar surface area (TPSA) is 62.3 Å². The predicted octanol–water partition coefficient (Wildman–Crippen LogP) is 7.24. The molecule has 5 nitrogen and oxygen atoms in total. The minimum atomic E-state index is 0.0603. The molecule has 1 atom stereocenters. The van der Waals surface area contributed by atoms with E-state index in [-0.39, 0.29) is 5.78 Å². The summed E-state index contributed by atoms with van der Waals surface area (Å²) < 4.78 is 0. The van der Waals surface area contributed by atoms with Crippen molar-refractivity contribution in [1.82, 2.24) is 9.88 Å². The molecule has 1 aromatic carbocycles. The molecule has 1 aliphatic carbocycles. The number of hydrogen-bond donors (Lipinski definition) is 1. The van der Waals surface area contributed by atoms with Gasteiger partial charge in [-0.2, -0.15) is 0 Å². The van der Waals surface area contributed by atoms with E-state index in [9.17, 15) is 4.79 Å². The van der Waals surface area contributed by atoms with Crippen LogP contribution in [0.1, 0.15) is 86.3 Å². The molecule has 4 rings (SSSR count). The normalized spacial score (nSPS) is 16.0. The Kier molecular flexibility index (Phi) is 19.4. The van der Waals surface area contributed by atoms with E-state index in [1.807, 2.05) is 18.9 Å². The van der Waals surface area contributed by atoms with E-state index in [1.54, 1.807) is 24.2 Å². The van der Waals surface area contributed by atoms with Crippen molar-refractivity contribution in [3.8, 4) is 0 Å². The lowest BCUT2D eigenvalue weighted by atomic mass is 9.91. The van der Waals surface area contributed by atoms with Gasteiger partial charge < -0.3 is 15.0 Å². The molecule has 1 unspecified atom stereocenters. The van der Waals surface area contributed by atoms with Crippen molar-refractivity contribution in [1.29, 1.82) is 0 Å². The average molecular weight is 508 g/mol. The number of aryl methyl sites for hydroxylation is 3. The van der Waals surface area contributed by atoms with Crippen LogP contribution in [0.2, 0.25) is 0 Å². The van der Waals surface area contributed by atoms with Gasteiger partial charge >= 0.3 is 0 Å². The zero-order valence-electron chi connectivity index (χ0n) is 23.9. The largest absolute Gasteiger partial charge is 0.367 e. The smallest absolute Gasteiger partial charge is 0.161 e. The molecule has 0 amide bonds. The van der Waals surface area contributed by atoms with E-state index >= 15 is 0 Å². The number of Topliss-reactive ketones (excluding diaryl/α,β-unsaturated/α-hetero) is 1. The van der Waals surface area contributed by atoms with Crippen molar-refractivity contribution < 1.29 is 9.59 Å². The predicted molar refractivity (Wildman–Crippen MR) is 159 cm³/mol. The Balaban J connectivity index is 0.000000579. The maximum Gasteiger partial charge on any atom is 0.161 e. The number of pyridine rings is 1. The quantitative estimate of drug-likeness (QED) is 0.350. The minimum absolute atomic E-state index is 0.0603. The molecule has 2 aromatic rings. The third kappa shape index (κ3) is 15.0. The SMILES string of the molecule is C=C=C.C=O.CC(=O)c1ccc(NC2CCCN(C)CC2)nc1.CCC.Cc1ccc2c(c1)CCCC2. The van der Waals surface area contributed by atoms with Gasteiger partial charge in [0, 0.05) is 17.8 Å². The molecule has 37 heavy (non-hydrogen) atoms. The molecule has 1 fully saturated rings. The second-order valence-electron chi connectivity index (χ2n) is 9.50. The first-order valence-electron chi connectivity index (χ1n) is 13.4. The highest BCUT2D eigenvalue weighted by Gasteiger charge is 2.15. The van der Waals surface area contributed by atoms with Gasteiger partial charge in [0.25, 0.3) is 0 Å². The highest BCUT2D eigenvalue weighted by molar-refractivity contribution is 5.93. The lowest BCUT2D eigenvalue weighted by Crippen LogP contribution is -2.23. The second-order valence-corrected chi connectivity index (χ2v) is 9.50. The van der Waals surface area contributed by atoms with Gasteiger partial charge in [0.05, 0.1) is 0 Å². The monoisotopic (exact) mass is 507 g/mol. The number of likely N-dealkylation sites (tertiary alicyclic amines) is 1. The van der Waals surface area contributed by atoms with Crippen LogP contribution in [0.4, 0.5) is 5.82 Å². The number of carbonyl (C=O) groups is 2. The van der Waals surface area contributed by atoms with Crippen LogP contribution in [0.25, 0.3) is 0 Å². The Hall–Kier alpha value is -3.01. The fraction of sp³-hybridized carbons (Fsp3) is 0.500. The number of benzene rings is 1. The number of hydrogen-bond acceptors (Lipinski definition) is 5. The minimum Gasteiger partial charge on any atom is -0.367 e. The third-order valence-electron chi connectivity index (χ3n) is 5.98. The molecule has 0 saturated carbocycles. The summed E-state index contributed by atoms with van der Waals surface area (Å²) in [5, 5.41) is 3.46. The molecule has 0 bridgehead atoms. The first kappa shape index (κ1) is 34.0. The van der Waals surface area contributed by atoms with Crippen LogP contribution < -0.4 is 5.32 Å². The van der Waals surface area contributed by atoms with E-state index in [4.69, 9.17) is 4.79 Å². The summed E-state index contributed by atoms with van der Waals surface area (Å²) in [5.41, 5.74) is 7.50. The molecule has 0 spiro atoms. The zero-order chi connectivity index (χ0) is 28.1. The van der Waals surface area contributed by atoms with Crippen molar-refractivity contribution in [3.05, 3.63) is 77.7 Å². The highest BCUT2D eigenvalue weighted by atomic mass is 16.1. The van der Waals surface area contributed by atoms with Crippen LogP contribution in [0, 0.1) is 6.92 Å². The van der Waals surface area contributed by atoms with Crippen molar-refractivity contribution in [2.24, 2.45) is 0 Å². The van der Waals surface area contributed by atoms with E-state index in [1.165, 1.54) is 57.1 Å². The second kappa shape index (κ2) is 21.1. The van der Waals surface area contributed by atoms with Gasteiger partial charge in [0.1, 0.15) is 12.6 Å². The summed E-state index contributed by atoms with van der Waals surface area (Å²) in [6.07, 6.45) is 11.8. The van der Waals surface area contributed by atoms with E-state index in [2.05, 4.69) is 80.1 Å². The van der Waals surface area contributed by atoms with Crippen LogP contribution >= 0.6 is 0 Å². The Bertz CT molecular complexity index is 918. The number of aromatic nitrogens is 1. The van der Waals surface area contributed by atoms with Gasteiger partial charge in [-0.15, -0.1) is 5.73 Å². The molecule has 1 saturated heterocycles. The maximum atomic E-state index is 11.2. The van der Waals surface area contributed by atoms with Gasteiger partial charge in [-0.05, 0) is 102 Å². The van der Waals surface area contributed by atoms with Crippen molar-refractivity contribution in [2.75, 3.05) is 25.5 Å². The summed E-state index contributed by atoms with van der Waals surface area (Å²) in [4.78, 5) is 25.8. The molecule has 2 heterocycles. The zero-order valence-corrected chi connectivity index (χ0v) is 23.9. The first-order chi connectivity index (χ1) is 17.8. The number of nitrogens with one attached hydrogen (secondary N) is 1. The van der Waals surface area contributed by atoms with Crippen LogP contribution in [-0.2, 0) is 17.6 Å². The number of ketones is 1. The van der Waals surface area contributed by atoms with Crippen LogP contribution in [0.15, 0.2) is 55.4 Å². The lowest BCUT2D eigenvalue weighted by Gasteiger charge is -2.17. The van der Waals surface area contributed by atoms with Gasteiger partial charge in [-0.3, -0.25) is 4.79 Å². The summed E-state index contributed by atoms with van der Waals surface area (Å²) >= 11 is 0. The molecule has 2 aliphatic rings. The van der Waals surface area contributed by atoms with E-state index < -0.39 is 0 Å². The Morgan fingerprint density at radius 2 is 1.65 bits per heavy atom.